The van der Waals surface area contributed by atoms with Gasteiger partial charge in [-0.05, 0) is 42.5 Å². The smallest absolute Gasteiger partial charge is 0.315 e. The predicted octanol–water partition coefficient (Wildman–Crippen LogP) is 2.65. The molecule has 0 radical (unpaired) electrons. The van der Waals surface area contributed by atoms with Crippen LogP contribution < -0.4 is 20.1 Å². The molecule has 156 valence electrons. The number of methoxy groups -OCH3 is 2. The predicted molar refractivity (Wildman–Crippen MR) is 107 cm³/mol. The number of urea groups is 1. The Morgan fingerprint density at radius 2 is 1.86 bits per heavy atom. The molecule has 1 fully saturated rings. The monoisotopic (exact) mass is 401 g/mol. The standard InChI is InChI=1S/C21H27N3O5/c1-27-18-4-3-16(11-19(18)28-2)13-23-21(26)22-12-15-5-8-24(9-6-15)20(25)17-7-10-29-14-17/h3-4,7,10-11,14-15H,5-6,8-9,12-13H2,1-2H3,(H2,22,23,26). The second-order valence-corrected chi connectivity index (χ2v) is 7.00. The van der Waals surface area contributed by atoms with Gasteiger partial charge in [-0.25, -0.2) is 4.79 Å². The lowest BCUT2D eigenvalue weighted by atomic mass is 9.96. The van der Waals surface area contributed by atoms with Gasteiger partial charge in [-0.2, -0.15) is 0 Å². The normalized spacial score (nSPS) is 14.3. The number of carbonyl (C=O) groups is 2. The number of hydrogen-bond donors (Lipinski definition) is 2. The molecule has 29 heavy (non-hydrogen) atoms. The molecule has 0 saturated carbocycles. The van der Waals surface area contributed by atoms with Gasteiger partial charge in [0, 0.05) is 26.2 Å². The van der Waals surface area contributed by atoms with Gasteiger partial charge in [-0.15, -0.1) is 0 Å². The lowest BCUT2D eigenvalue weighted by Crippen LogP contribution is -2.43. The number of furan rings is 1. The molecule has 0 unspecified atom stereocenters. The number of nitrogens with zero attached hydrogens (tertiary/aromatic N) is 1. The van der Waals surface area contributed by atoms with Crippen LogP contribution in [0.3, 0.4) is 0 Å². The highest BCUT2D eigenvalue weighted by Crippen LogP contribution is 2.27. The summed E-state index contributed by atoms with van der Waals surface area (Å²) in [5.41, 5.74) is 1.50. The van der Waals surface area contributed by atoms with Crippen molar-refractivity contribution in [3.63, 3.8) is 0 Å². The molecule has 3 amide bonds. The first-order valence-electron chi connectivity index (χ1n) is 9.64. The Kier molecular flexibility index (Phi) is 6.99. The van der Waals surface area contributed by atoms with Crippen molar-refractivity contribution in [1.29, 1.82) is 0 Å². The van der Waals surface area contributed by atoms with Gasteiger partial charge in [0.15, 0.2) is 11.5 Å². The summed E-state index contributed by atoms with van der Waals surface area (Å²) in [6, 6.07) is 7.00. The van der Waals surface area contributed by atoms with E-state index in [1.165, 1.54) is 12.5 Å². The summed E-state index contributed by atoms with van der Waals surface area (Å²) in [4.78, 5) is 26.3. The molecule has 0 spiro atoms. The SMILES string of the molecule is COc1ccc(CNC(=O)NCC2CCN(C(=O)c3ccoc3)CC2)cc1OC. The molecule has 1 saturated heterocycles. The van der Waals surface area contributed by atoms with Crippen molar-refractivity contribution < 1.29 is 23.5 Å². The number of nitrogens with one attached hydrogen (secondary N) is 2. The van der Waals surface area contributed by atoms with Crippen molar-refractivity contribution in [1.82, 2.24) is 15.5 Å². The van der Waals surface area contributed by atoms with Gasteiger partial charge in [-0.3, -0.25) is 4.79 Å². The lowest BCUT2D eigenvalue weighted by molar-refractivity contribution is 0.0690. The van der Waals surface area contributed by atoms with Gasteiger partial charge in [0.2, 0.25) is 0 Å². The largest absolute Gasteiger partial charge is 0.493 e. The highest BCUT2D eigenvalue weighted by molar-refractivity contribution is 5.93. The fraction of sp³-hybridized carbons (Fsp3) is 0.429. The van der Waals surface area contributed by atoms with Crippen LogP contribution in [0.1, 0.15) is 28.8 Å². The van der Waals surface area contributed by atoms with E-state index in [1.54, 1.807) is 20.3 Å². The number of piperidine rings is 1. The summed E-state index contributed by atoms with van der Waals surface area (Å²) in [5, 5.41) is 5.77. The van der Waals surface area contributed by atoms with Crippen molar-refractivity contribution in [3.8, 4) is 11.5 Å². The molecule has 1 aromatic carbocycles. The van der Waals surface area contributed by atoms with Gasteiger partial charge < -0.3 is 29.4 Å². The molecule has 8 nitrogen and oxygen atoms in total. The Morgan fingerprint density at radius 3 is 2.52 bits per heavy atom. The second kappa shape index (κ2) is 9.86. The summed E-state index contributed by atoms with van der Waals surface area (Å²) >= 11 is 0. The number of hydrogen-bond acceptors (Lipinski definition) is 5. The van der Waals surface area contributed by atoms with Crippen LogP contribution in [0, 0.1) is 5.92 Å². The topological polar surface area (TPSA) is 93.0 Å². The zero-order chi connectivity index (χ0) is 20.6. The third-order valence-corrected chi connectivity index (χ3v) is 5.12. The fourth-order valence-corrected chi connectivity index (χ4v) is 3.38. The van der Waals surface area contributed by atoms with E-state index in [-0.39, 0.29) is 11.9 Å². The van der Waals surface area contributed by atoms with Crippen LogP contribution >= 0.6 is 0 Å². The highest BCUT2D eigenvalue weighted by Gasteiger charge is 2.24. The minimum atomic E-state index is -0.211. The minimum absolute atomic E-state index is 0.00202. The van der Waals surface area contributed by atoms with E-state index in [4.69, 9.17) is 13.9 Å². The summed E-state index contributed by atoms with van der Waals surface area (Å²) in [6.07, 6.45) is 4.70. The van der Waals surface area contributed by atoms with Crippen LogP contribution in [-0.2, 0) is 6.54 Å². The summed E-state index contributed by atoms with van der Waals surface area (Å²) < 4.78 is 15.5. The van der Waals surface area contributed by atoms with Gasteiger partial charge in [0.05, 0.1) is 26.0 Å². The van der Waals surface area contributed by atoms with Crippen molar-refractivity contribution in [2.24, 2.45) is 5.92 Å². The molecule has 1 aromatic heterocycles. The third kappa shape index (κ3) is 5.43. The number of rotatable bonds is 7. The van der Waals surface area contributed by atoms with Crippen LogP contribution in [0.15, 0.2) is 41.2 Å². The first kappa shape index (κ1) is 20.6. The maximum absolute atomic E-state index is 12.3. The van der Waals surface area contributed by atoms with Crippen LogP contribution in [0.4, 0.5) is 4.79 Å². The molecular formula is C21H27N3O5. The molecule has 0 bridgehead atoms. The summed E-state index contributed by atoms with van der Waals surface area (Å²) in [6.45, 7) is 2.35. The van der Waals surface area contributed by atoms with Crippen LogP contribution in [0.2, 0.25) is 0 Å². The van der Waals surface area contributed by atoms with Crippen molar-refractivity contribution in [2.45, 2.75) is 19.4 Å². The maximum atomic E-state index is 12.3. The highest BCUT2D eigenvalue weighted by atomic mass is 16.5. The maximum Gasteiger partial charge on any atom is 0.315 e. The summed E-state index contributed by atoms with van der Waals surface area (Å²) in [7, 11) is 3.16. The number of carbonyl (C=O) groups excluding carboxylic acids is 2. The minimum Gasteiger partial charge on any atom is -0.493 e. The third-order valence-electron chi connectivity index (χ3n) is 5.12. The van der Waals surface area contributed by atoms with E-state index >= 15 is 0 Å². The Labute approximate surface area is 170 Å². The Balaban J connectivity index is 1.38. The average molecular weight is 401 g/mol. The van der Waals surface area contributed by atoms with E-state index in [2.05, 4.69) is 10.6 Å². The average Bonchev–Trinajstić information content (AvgIpc) is 3.30. The molecule has 1 aliphatic rings. The molecule has 0 atom stereocenters. The van der Waals surface area contributed by atoms with E-state index in [9.17, 15) is 9.59 Å². The van der Waals surface area contributed by atoms with Gasteiger partial charge in [0.1, 0.15) is 6.26 Å². The molecular weight excluding hydrogens is 374 g/mol. The Hall–Kier alpha value is -3.16. The number of ether oxygens (including phenoxy) is 2. The molecule has 0 aliphatic carbocycles. The number of benzene rings is 1. The first-order valence-corrected chi connectivity index (χ1v) is 9.64. The van der Waals surface area contributed by atoms with E-state index in [1.807, 2.05) is 23.1 Å². The van der Waals surface area contributed by atoms with Crippen LogP contribution in [0.5, 0.6) is 11.5 Å². The number of amides is 3. The van der Waals surface area contributed by atoms with E-state index in [0.29, 0.717) is 49.2 Å². The molecule has 8 heteroatoms. The molecule has 2 heterocycles. The quantitative estimate of drug-likeness (QED) is 0.744. The molecule has 2 aromatic rings. The lowest BCUT2D eigenvalue weighted by Gasteiger charge is -2.31. The summed E-state index contributed by atoms with van der Waals surface area (Å²) in [5.74, 6) is 1.63. The number of likely N-dealkylation sites (tertiary alicyclic amines) is 1. The van der Waals surface area contributed by atoms with E-state index < -0.39 is 0 Å². The van der Waals surface area contributed by atoms with Gasteiger partial charge in [0.25, 0.3) is 5.91 Å². The zero-order valence-electron chi connectivity index (χ0n) is 16.8. The van der Waals surface area contributed by atoms with E-state index in [0.717, 1.165) is 18.4 Å². The molecule has 1 aliphatic heterocycles. The van der Waals surface area contributed by atoms with Crippen molar-refractivity contribution in [3.05, 3.63) is 47.9 Å². The van der Waals surface area contributed by atoms with Crippen molar-refractivity contribution in [2.75, 3.05) is 33.9 Å². The fourth-order valence-electron chi connectivity index (χ4n) is 3.38. The molecule has 3 rings (SSSR count). The molecule has 2 N–H and O–H groups in total. The first-order chi connectivity index (χ1) is 14.1. The zero-order valence-corrected chi connectivity index (χ0v) is 16.8. The Morgan fingerprint density at radius 1 is 1.10 bits per heavy atom. The Bertz CT molecular complexity index is 814. The van der Waals surface area contributed by atoms with Gasteiger partial charge in [-0.1, -0.05) is 6.07 Å². The van der Waals surface area contributed by atoms with Gasteiger partial charge >= 0.3 is 6.03 Å². The van der Waals surface area contributed by atoms with Crippen LogP contribution in [-0.4, -0.2) is 50.7 Å². The van der Waals surface area contributed by atoms with Crippen LogP contribution in [0.25, 0.3) is 0 Å². The second-order valence-electron chi connectivity index (χ2n) is 7.00. The van der Waals surface area contributed by atoms with Crippen molar-refractivity contribution >= 4 is 11.9 Å².